The summed E-state index contributed by atoms with van der Waals surface area (Å²) >= 11 is 0. The highest BCUT2D eigenvalue weighted by atomic mass is 19.4. The van der Waals surface area contributed by atoms with E-state index < -0.39 is 59.0 Å². The van der Waals surface area contributed by atoms with Gasteiger partial charge in [-0.15, -0.1) is 0 Å². The Kier molecular flexibility index (Phi) is 9.23. The third-order valence-electron chi connectivity index (χ3n) is 5.53. The quantitative estimate of drug-likeness (QED) is 0.180. The third-order valence-corrected chi connectivity index (χ3v) is 5.53. The summed E-state index contributed by atoms with van der Waals surface area (Å²) in [6, 6.07) is 2.43. The molecule has 1 aromatic carbocycles. The molecule has 0 fully saturated rings. The molecule has 0 unspecified atom stereocenters. The highest BCUT2D eigenvalue weighted by Crippen LogP contribution is 2.62. The smallest absolute Gasteiger partial charge is 0.465 e. The molecule has 0 atom stereocenters. The van der Waals surface area contributed by atoms with Crippen LogP contribution in [0.15, 0.2) is 24.3 Å². The number of hydrogen-bond donors (Lipinski definition) is 0. The molecule has 1 aromatic rings. The van der Waals surface area contributed by atoms with E-state index in [1.165, 1.54) is 0 Å². The predicted molar refractivity (Wildman–Crippen MR) is 102 cm³/mol. The zero-order valence-corrected chi connectivity index (χ0v) is 19.8. The summed E-state index contributed by atoms with van der Waals surface area (Å²) < 4.78 is 206. The zero-order valence-electron chi connectivity index (χ0n) is 19.8. The molecule has 0 bridgehead atoms. The summed E-state index contributed by atoms with van der Waals surface area (Å²) in [5, 5.41) is 0. The first-order valence-electron chi connectivity index (χ1n) is 10.4. The first-order valence-corrected chi connectivity index (χ1v) is 10.4. The van der Waals surface area contributed by atoms with Gasteiger partial charge in [-0.05, 0) is 38.0 Å². The molecule has 0 radical (unpaired) electrons. The van der Waals surface area contributed by atoms with Gasteiger partial charge in [0.15, 0.2) is 0 Å². The van der Waals surface area contributed by atoms with Crippen molar-refractivity contribution in [3.05, 3.63) is 29.8 Å². The Hall–Kier alpha value is -2.56. The van der Waals surface area contributed by atoms with Crippen molar-refractivity contribution in [2.45, 2.75) is 75.5 Å². The van der Waals surface area contributed by atoms with Crippen LogP contribution < -0.4 is 4.74 Å². The molecule has 0 amide bonds. The van der Waals surface area contributed by atoms with E-state index in [4.69, 9.17) is 4.74 Å². The van der Waals surface area contributed by atoms with Crippen molar-refractivity contribution in [1.82, 2.24) is 0 Å². The molecule has 18 heteroatoms. The molecule has 39 heavy (non-hydrogen) atoms. The second-order valence-electron chi connectivity index (χ2n) is 8.76. The number of benzene rings is 1. The van der Waals surface area contributed by atoms with Gasteiger partial charge in [0.25, 0.3) is 0 Å². The summed E-state index contributed by atoms with van der Waals surface area (Å²) in [5.74, 6) is -42.8. The highest BCUT2D eigenvalue weighted by molar-refractivity contribution is 5.75. The van der Waals surface area contributed by atoms with Gasteiger partial charge in [0, 0.05) is 6.42 Å². The first-order chi connectivity index (χ1) is 17.1. The molecule has 0 saturated heterocycles. The summed E-state index contributed by atoms with van der Waals surface area (Å²) in [7, 11) is 0. The van der Waals surface area contributed by atoms with Crippen LogP contribution in [0.4, 0.5) is 65.9 Å². The fourth-order valence-corrected chi connectivity index (χ4v) is 2.49. The van der Waals surface area contributed by atoms with E-state index >= 15 is 0 Å². The lowest BCUT2D eigenvalue weighted by Crippen LogP contribution is -2.73. The van der Waals surface area contributed by atoms with E-state index in [-0.39, 0.29) is 18.6 Å². The van der Waals surface area contributed by atoms with Crippen LogP contribution >= 0.6 is 0 Å². The lowest BCUT2D eigenvalue weighted by molar-refractivity contribution is -0.465. The topological polar surface area (TPSA) is 35.5 Å². The van der Waals surface area contributed by atoms with Crippen molar-refractivity contribution in [2.24, 2.45) is 5.41 Å². The normalized spacial score (nSPS) is 14.8. The minimum Gasteiger partial charge on any atom is -0.465 e. The van der Waals surface area contributed by atoms with Gasteiger partial charge < -0.3 is 9.47 Å². The standard InChI is InChI=1S/C21H19F15O3/c1-4-14(2,3)13(37)38-10-9-11-5-7-12(8-6-11)39-21(35,36)19(30,31)17(26,27)15(22,23)16(24,25)18(28,29)20(32,33)34/h5-8H,4,9-10H2,1-3H3. The summed E-state index contributed by atoms with van der Waals surface area (Å²) in [6.07, 6.45) is -14.2. The molecule has 0 aliphatic heterocycles. The van der Waals surface area contributed by atoms with E-state index in [0.29, 0.717) is 18.6 Å². The number of carbonyl (C=O) groups excluding carboxylic acids is 1. The molecule has 3 nitrogen and oxygen atoms in total. The van der Waals surface area contributed by atoms with Crippen LogP contribution in [0.25, 0.3) is 0 Å². The molecule has 0 aliphatic rings. The van der Waals surface area contributed by atoms with Crippen molar-refractivity contribution < 1.29 is 80.1 Å². The minimum absolute atomic E-state index is 0.106. The van der Waals surface area contributed by atoms with E-state index in [0.717, 1.165) is 12.1 Å². The second-order valence-corrected chi connectivity index (χ2v) is 8.76. The molecule has 0 saturated carbocycles. The number of hydrogen-bond acceptors (Lipinski definition) is 3. The van der Waals surface area contributed by atoms with Gasteiger partial charge in [-0.2, -0.15) is 65.9 Å². The molecule has 0 aliphatic carbocycles. The Morgan fingerprint density at radius 1 is 0.667 bits per heavy atom. The summed E-state index contributed by atoms with van der Waals surface area (Å²) in [5.41, 5.74) is -0.703. The number of ether oxygens (including phenoxy) is 2. The maximum atomic E-state index is 13.9. The van der Waals surface area contributed by atoms with E-state index in [1.807, 2.05) is 0 Å². The average molecular weight is 604 g/mol. The Balaban J connectivity index is 3.16. The van der Waals surface area contributed by atoms with E-state index in [9.17, 15) is 70.7 Å². The minimum atomic E-state index is -8.39. The Morgan fingerprint density at radius 3 is 1.49 bits per heavy atom. The lowest BCUT2D eigenvalue weighted by atomic mass is 9.91. The fraction of sp³-hybridized carbons (Fsp3) is 0.667. The van der Waals surface area contributed by atoms with Crippen molar-refractivity contribution >= 4 is 5.97 Å². The van der Waals surface area contributed by atoms with Crippen LogP contribution in [-0.2, 0) is 16.0 Å². The molecular weight excluding hydrogens is 585 g/mol. The van der Waals surface area contributed by atoms with Crippen LogP contribution in [0, 0.1) is 5.41 Å². The van der Waals surface area contributed by atoms with Crippen molar-refractivity contribution in [3.63, 3.8) is 0 Å². The van der Waals surface area contributed by atoms with Gasteiger partial charge in [-0.3, -0.25) is 4.79 Å². The van der Waals surface area contributed by atoms with Crippen molar-refractivity contribution in [3.8, 4) is 5.75 Å². The number of carbonyl (C=O) groups is 1. The zero-order chi connectivity index (χ0) is 31.1. The van der Waals surface area contributed by atoms with Crippen LogP contribution in [0.3, 0.4) is 0 Å². The first kappa shape index (κ1) is 34.5. The van der Waals surface area contributed by atoms with E-state index in [2.05, 4.69) is 4.74 Å². The number of halogens is 15. The van der Waals surface area contributed by atoms with Gasteiger partial charge in [0.1, 0.15) is 5.75 Å². The third kappa shape index (κ3) is 5.98. The summed E-state index contributed by atoms with van der Waals surface area (Å²) in [6.45, 7) is 4.56. The number of esters is 1. The molecule has 226 valence electrons. The SMILES string of the molecule is CCC(C)(C)C(=O)OCCc1ccc(OC(F)(F)C(F)(F)C(F)(F)C(F)(F)C(F)(F)C(F)(F)C(F)(F)F)cc1. The Morgan fingerprint density at radius 2 is 1.08 bits per heavy atom. The predicted octanol–water partition coefficient (Wildman–Crippen LogP) is 7.92. The maximum Gasteiger partial charge on any atom is 0.471 e. The molecule has 0 aromatic heterocycles. The average Bonchev–Trinajstić information content (AvgIpc) is 2.78. The maximum absolute atomic E-state index is 13.9. The van der Waals surface area contributed by atoms with Gasteiger partial charge >= 0.3 is 47.9 Å². The van der Waals surface area contributed by atoms with Crippen LogP contribution in [-0.4, -0.2) is 54.5 Å². The summed E-state index contributed by atoms with van der Waals surface area (Å²) in [4.78, 5) is 11.9. The van der Waals surface area contributed by atoms with E-state index in [1.54, 1.807) is 20.8 Å². The lowest BCUT2D eigenvalue weighted by Gasteiger charge is -2.41. The molecule has 1 rings (SSSR count). The van der Waals surface area contributed by atoms with Gasteiger partial charge in [-0.25, -0.2) is 0 Å². The number of rotatable bonds is 12. The molecule has 0 heterocycles. The van der Waals surface area contributed by atoms with Crippen molar-refractivity contribution in [1.29, 1.82) is 0 Å². The van der Waals surface area contributed by atoms with Crippen LogP contribution in [0.5, 0.6) is 5.75 Å². The number of alkyl halides is 15. The van der Waals surface area contributed by atoms with Gasteiger partial charge in [-0.1, -0.05) is 19.1 Å². The molecular formula is C21H19F15O3. The van der Waals surface area contributed by atoms with Crippen molar-refractivity contribution in [2.75, 3.05) is 6.61 Å². The van der Waals surface area contributed by atoms with Gasteiger partial charge in [0.05, 0.1) is 12.0 Å². The molecule has 0 N–H and O–H groups in total. The van der Waals surface area contributed by atoms with Crippen LogP contribution in [0.1, 0.15) is 32.8 Å². The second kappa shape index (κ2) is 10.4. The van der Waals surface area contributed by atoms with Crippen LogP contribution in [0.2, 0.25) is 0 Å². The highest BCUT2D eigenvalue weighted by Gasteiger charge is 2.94. The van der Waals surface area contributed by atoms with Gasteiger partial charge in [0.2, 0.25) is 0 Å². The fourth-order valence-electron chi connectivity index (χ4n) is 2.49. The largest absolute Gasteiger partial charge is 0.471 e. The monoisotopic (exact) mass is 604 g/mol. The molecule has 0 spiro atoms. The Labute approximate surface area is 210 Å². The Bertz CT molecular complexity index is 999.